The highest BCUT2D eigenvalue weighted by molar-refractivity contribution is 9.10. The van der Waals surface area contributed by atoms with E-state index in [-0.39, 0.29) is 11.4 Å². The van der Waals surface area contributed by atoms with Crippen molar-refractivity contribution in [3.05, 3.63) is 58.6 Å². The fourth-order valence-corrected chi connectivity index (χ4v) is 3.92. The number of nitrogens with two attached hydrogens (primary N) is 1. The van der Waals surface area contributed by atoms with Gasteiger partial charge in [-0.25, -0.2) is 14.8 Å². The highest BCUT2D eigenvalue weighted by atomic mass is 79.9. The molecule has 0 saturated heterocycles. The molecule has 154 valence electrons. The summed E-state index contributed by atoms with van der Waals surface area (Å²) in [7, 11) is 0. The van der Waals surface area contributed by atoms with E-state index < -0.39 is 5.97 Å². The minimum absolute atomic E-state index is 0.259. The Hall–Kier alpha value is -2.93. The van der Waals surface area contributed by atoms with Crippen LogP contribution in [0, 0.1) is 5.92 Å². The number of esters is 1. The van der Waals surface area contributed by atoms with Crippen LogP contribution in [0.25, 0.3) is 27.9 Å². The number of hydrogen-bond donors (Lipinski definition) is 1. The Morgan fingerprint density at radius 1 is 1.10 bits per heavy atom. The lowest BCUT2D eigenvalue weighted by molar-refractivity contribution is 0.0436. The zero-order chi connectivity index (χ0) is 21.3. The largest absolute Gasteiger partial charge is 0.462 e. The van der Waals surface area contributed by atoms with Crippen molar-refractivity contribution in [1.29, 1.82) is 0 Å². The number of halogens is 1. The Balaban J connectivity index is 1.92. The van der Waals surface area contributed by atoms with Crippen molar-refractivity contribution in [2.45, 2.75) is 26.7 Å². The van der Waals surface area contributed by atoms with Crippen LogP contribution < -0.4 is 5.73 Å². The second kappa shape index (κ2) is 8.44. The third-order valence-corrected chi connectivity index (χ3v) is 5.87. The molecular weight excluding hydrogens is 444 g/mol. The first kappa shape index (κ1) is 20.3. The van der Waals surface area contributed by atoms with Crippen LogP contribution in [0.5, 0.6) is 0 Å². The molecule has 0 unspecified atom stereocenters. The molecule has 0 aliphatic rings. The van der Waals surface area contributed by atoms with Crippen LogP contribution in [0.3, 0.4) is 0 Å². The lowest BCUT2D eigenvalue weighted by atomic mass is 10.1. The van der Waals surface area contributed by atoms with Crippen molar-refractivity contribution < 1.29 is 9.53 Å². The van der Waals surface area contributed by atoms with E-state index in [1.54, 1.807) is 4.57 Å². The molecule has 0 amide bonds. The molecule has 2 aromatic heterocycles. The van der Waals surface area contributed by atoms with Gasteiger partial charge in [0.25, 0.3) is 0 Å². The standard InChI is InChI=1S/C23H23BrN4O2/c1-3-14(4-2)13-30-23(29)19-20-22(27-18-11-6-5-10-17(18)26-20)28(21(19)25)16-9-7-8-15(24)12-16/h5-12,14H,3-4,13,25H2,1-2H3. The quantitative estimate of drug-likeness (QED) is 0.378. The molecule has 0 spiro atoms. The number of aromatic nitrogens is 3. The second-order valence-electron chi connectivity index (χ2n) is 7.24. The van der Waals surface area contributed by atoms with Gasteiger partial charge in [0.2, 0.25) is 0 Å². The minimum atomic E-state index is -0.470. The number of rotatable bonds is 6. The van der Waals surface area contributed by atoms with Crippen molar-refractivity contribution in [2.24, 2.45) is 5.92 Å². The Bertz CT molecular complexity index is 1230. The van der Waals surface area contributed by atoms with Crippen LogP contribution >= 0.6 is 15.9 Å². The van der Waals surface area contributed by atoms with Crippen LogP contribution in [-0.4, -0.2) is 27.1 Å². The van der Waals surface area contributed by atoms with Gasteiger partial charge in [0.15, 0.2) is 5.65 Å². The molecule has 7 heteroatoms. The van der Waals surface area contributed by atoms with E-state index in [0.717, 1.165) is 28.5 Å². The summed E-state index contributed by atoms with van der Waals surface area (Å²) in [6.45, 7) is 4.54. The summed E-state index contributed by atoms with van der Waals surface area (Å²) in [5, 5.41) is 0. The molecule has 4 rings (SSSR count). The Kier molecular flexibility index (Phi) is 5.72. The predicted octanol–water partition coefficient (Wildman–Crippen LogP) is 5.51. The molecular formula is C23H23BrN4O2. The van der Waals surface area contributed by atoms with Crippen molar-refractivity contribution >= 4 is 49.9 Å². The number of nitrogen functional groups attached to an aromatic ring is 1. The Morgan fingerprint density at radius 3 is 2.47 bits per heavy atom. The van der Waals surface area contributed by atoms with Crippen LogP contribution in [0.2, 0.25) is 0 Å². The molecule has 4 aromatic rings. The van der Waals surface area contributed by atoms with Gasteiger partial charge in [0, 0.05) is 4.47 Å². The van der Waals surface area contributed by atoms with Crippen molar-refractivity contribution in [3.63, 3.8) is 0 Å². The molecule has 0 bridgehead atoms. The number of fused-ring (bicyclic) bond motifs is 2. The number of carbonyl (C=O) groups is 1. The van der Waals surface area contributed by atoms with Crippen molar-refractivity contribution in [2.75, 3.05) is 12.3 Å². The van der Waals surface area contributed by atoms with Crippen molar-refractivity contribution in [3.8, 4) is 5.69 Å². The SMILES string of the molecule is CCC(CC)COC(=O)c1c(N)n(-c2cccc(Br)c2)c2nc3ccccc3nc12. The highest BCUT2D eigenvalue weighted by Gasteiger charge is 2.26. The molecule has 2 aromatic carbocycles. The normalized spacial score (nSPS) is 11.5. The molecule has 0 atom stereocenters. The van der Waals surface area contributed by atoms with Gasteiger partial charge in [-0.1, -0.05) is 60.8 Å². The van der Waals surface area contributed by atoms with Gasteiger partial charge in [0.05, 0.1) is 23.3 Å². The van der Waals surface area contributed by atoms with E-state index in [4.69, 9.17) is 20.4 Å². The van der Waals surface area contributed by atoms with Gasteiger partial charge >= 0.3 is 5.97 Å². The molecule has 0 saturated carbocycles. The fourth-order valence-electron chi connectivity index (χ4n) is 3.53. The molecule has 0 radical (unpaired) electrons. The summed E-state index contributed by atoms with van der Waals surface area (Å²) in [4.78, 5) is 22.6. The lowest BCUT2D eigenvalue weighted by Gasteiger charge is -2.12. The van der Waals surface area contributed by atoms with Gasteiger partial charge in [-0.2, -0.15) is 0 Å². The molecule has 0 aliphatic carbocycles. The third kappa shape index (κ3) is 3.65. The average Bonchev–Trinajstić information content (AvgIpc) is 3.03. The minimum Gasteiger partial charge on any atom is -0.462 e. The molecule has 6 nitrogen and oxygen atoms in total. The highest BCUT2D eigenvalue weighted by Crippen LogP contribution is 2.32. The fraction of sp³-hybridized carbons (Fsp3) is 0.261. The number of para-hydroxylation sites is 2. The van der Waals surface area contributed by atoms with Gasteiger partial charge in [-0.05, 0) is 36.2 Å². The summed E-state index contributed by atoms with van der Waals surface area (Å²) >= 11 is 3.50. The van der Waals surface area contributed by atoms with E-state index in [0.29, 0.717) is 29.2 Å². The Morgan fingerprint density at radius 2 is 1.80 bits per heavy atom. The van der Waals surface area contributed by atoms with E-state index in [9.17, 15) is 4.79 Å². The molecule has 0 aliphatic heterocycles. The maximum absolute atomic E-state index is 13.1. The number of ether oxygens (including phenoxy) is 1. The van der Waals surface area contributed by atoms with Crippen LogP contribution in [0.15, 0.2) is 53.0 Å². The molecule has 2 N–H and O–H groups in total. The summed E-state index contributed by atoms with van der Waals surface area (Å²) < 4.78 is 8.29. The van der Waals surface area contributed by atoms with Crippen LogP contribution in [0.1, 0.15) is 37.0 Å². The monoisotopic (exact) mass is 466 g/mol. The van der Waals surface area contributed by atoms with Gasteiger partial charge < -0.3 is 10.5 Å². The molecule has 0 fully saturated rings. The zero-order valence-corrected chi connectivity index (χ0v) is 18.5. The first-order valence-corrected chi connectivity index (χ1v) is 10.8. The smallest absolute Gasteiger partial charge is 0.344 e. The van der Waals surface area contributed by atoms with Gasteiger partial charge in [-0.15, -0.1) is 0 Å². The van der Waals surface area contributed by atoms with E-state index in [1.165, 1.54) is 0 Å². The van der Waals surface area contributed by atoms with Crippen LogP contribution in [0.4, 0.5) is 5.82 Å². The number of hydrogen-bond acceptors (Lipinski definition) is 5. The van der Waals surface area contributed by atoms with Gasteiger partial charge in [0.1, 0.15) is 16.9 Å². The zero-order valence-electron chi connectivity index (χ0n) is 16.9. The third-order valence-electron chi connectivity index (χ3n) is 5.37. The maximum Gasteiger partial charge on any atom is 0.344 e. The first-order valence-electron chi connectivity index (χ1n) is 10.0. The van der Waals surface area contributed by atoms with Gasteiger partial charge in [-0.3, -0.25) is 4.57 Å². The maximum atomic E-state index is 13.1. The lowest BCUT2D eigenvalue weighted by Crippen LogP contribution is -2.15. The van der Waals surface area contributed by atoms with Crippen LogP contribution in [-0.2, 0) is 4.74 Å². The second-order valence-corrected chi connectivity index (χ2v) is 8.16. The number of anilines is 1. The summed E-state index contributed by atoms with van der Waals surface area (Å²) in [6.07, 6.45) is 1.90. The first-order chi connectivity index (χ1) is 14.5. The Labute approximate surface area is 183 Å². The number of nitrogens with zero attached hydrogens (tertiary/aromatic N) is 3. The topological polar surface area (TPSA) is 83.0 Å². The summed E-state index contributed by atoms with van der Waals surface area (Å²) in [5.74, 6) is 0.121. The number of carbonyl (C=O) groups excluding carboxylic acids is 1. The number of benzene rings is 2. The van der Waals surface area contributed by atoms with E-state index in [1.807, 2.05) is 48.5 Å². The van der Waals surface area contributed by atoms with Crippen molar-refractivity contribution in [1.82, 2.24) is 14.5 Å². The summed E-state index contributed by atoms with van der Waals surface area (Å²) in [6, 6.07) is 15.2. The van der Waals surface area contributed by atoms with E-state index in [2.05, 4.69) is 29.8 Å². The predicted molar refractivity (Wildman–Crippen MR) is 123 cm³/mol. The summed E-state index contributed by atoms with van der Waals surface area (Å²) in [5.41, 5.74) is 9.95. The molecule has 2 heterocycles. The molecule has 30 heavy (non-hydrogen) atoms. The average molecular weight is 467 g/mol. The van der Waals surface area contributed by atoms with E-state index >= 15 is 0 Å².